The molecule has 3 N–H and O–H groups in total. The second-order valence-corrected chi connectivity index (χ2v) is 7.13. The molecule has 0 saturated carbocycles. The molecular weight excluding hydrogens is 355 g/mol. The Bertz CT molecular complexity index is 807. The van der Waals surface area contributed by atoms with Crippen molar-refractivity contribution in [2.24, 2.45) is 0 Å². The van der Waals surface area contributed by atoms with E-state index in [1.165, 1.54) is 12.1 Å². The second-order valence-electron chi connectivity index (χ2n) is 4.29. The number of benzene rings is 2. The van der Waals surface area contributed by atoms with Crippen molar-refractivity contribution in [1.29, 1.82) is 0 Å². The van der Waals surface area contributed by atoms with Crippen LogP contribution in [0.1, 0.15) is 5.56 Å². The van der Waals surface area contributed by atoms with E-state index in [2.05, 4.69) is 4.72 Å². The molecule has 0 amide bonds. The van der Waals surface area contributed by atoms with Crippen molar-refractivity contribution in [1.82, 2.24) is 0 Å². The third kappa shape index (κ3) is 3.21. The zero-order valence-corrected chi connectivity index (χ0v) is 13.9. The minimum Gasteiger partial charge on any atom is -0.396 e. The number of hydrogen-bond donors (Lipinski definition) is 2. The van der Waals surface area contributed by atoms with Gasteiger partial charge in [-0.2, -0.15) is 0 Å². The van der Waals surface area contributed by atoms with Gasteiger partial charge in [0.05, 0.1) is 21.4 Å². The highest BCUT2D eigenvalue weighted by Crippen LogP contribution is 2.34. The van der Waals surface area contributed by atoms with E-state index in [1.807, 2.05) is 0 Å². The van der Waals surface area contributed by atoms with Gasteiger partial charge in [-0.25, -0.2) is 8.42 Å². The molecule has 0 aliphatic heterocycles. The fraction of sp³-hybridized carbons (Fsp3) is 0.0769. The van der Waals surface area contributed by atoms with Crippen LogP contribution in [0.15, 0.2) is 35.2 Å². The summed E-state index contributed by atoms with van der Waals surface area (Å²) in [6, 6.07) is 7.59. The van der Waals surface area contributed by atoms with Crippen LogP contribution in [0.5, 0.6) is 0 Å². The number of halogens is 3. The fourth-order valence-corrected chi connectivity index (χ4v) is 3.74. The summed E-state index contributed by atoms with van der Waals surface area (Å²) in [5.74, 6) is 0. The summed E-state index contributed by atoms with van der Waals surface area (Å²) >= 11 is 17.7. The molecule has 8 heteroatoms. The van der Waals surface area contributed by atoms with Crippen LogP contribution in [0.2, 0.25) is 15.1 Å². The van der Waals surface area contributed by atoms with Gasteiger partial charge >= 0.3 is 0 Å². The van der Waals surface area contributed by atoms with E-state index in [0.29, 0.717) is 16.3 Å². The second kappa shape index (κ2) is 5.93. The van der Waals surface area contributed by atoms with Crippen molar-refractivity contribution in [2.75, 3.05) is 10.5 Å². The Kier molecular flexibility index (Phi) is 4.58. The zero-order valence-electron chi connectivity index (χ0n) is 10.8. The number of nitrogens with two attached hydrogens (primary N) is 1. The first-order valence-corrected chi connectivity index (χ1v) is 8.37. The molecule has 4 nitrogen and oxygen atoms in total. The summed E-state index contributed by atoms with van der Waals surface area (Å²) in [6.07, 6.45) is 0. The van der Waals surface area contributed by atoms with Gasteiger partial charge in [-0.1, -0.05) is 40.9 Å². The minimum absolute atomic E-state index is 0.0176. The van der Waals surface area contributed by atoms with Gasteiger partial charge in [-0.05, 0) is 36.8 Å². The van der Waals surface area contributed by atoms with Crippen LogP contribution in [0, 0.1) is 6.92 Å². The highest BCUT2D eigenvalue weighted by atomic mass is 35.5. The number of anilines is 2. The zero-order chi connectivity index (χ0) is 15.8. The molecular formula is C13H11Cl3N2O2S. The largest absolute Gasteiger partial charge is 0.396 e. The number of sulfonamides is 1. The van der Waals surface area contributed by atoms with E-state index in [1.54, 1.807) is 25.1 Å². The highest BCUT2D eigenvalue weighted by molar-refractivity contribution is 7.92. The summed E-state index contributed by atoms with van der Waals surface area (Å²) in [6.45, 7) is 1.71. The summed E-state index contributed by atoms with van der Waals surface area (Å²) in [4.78, 5) is -0.148. The molecule has 0 atom stereocenters. The number of nitrogens with one attached hydrogen (secondary N) is 1. The Morgan fingerprint density at radius 1 is 1.05 bits per heavy atom. The standard InChI is InChI=1S/C13H11Cl3N2O2S/c1-7-8(14)3-2-4-10(7)18-21(19,20)11-6-5-9(15)13(17)12(11)16/h2-6,18H,17H2,1H3. The lowest BCUT2D eigenvalue weighted by Crippen LogP contribution is -2.15. The lowest BCUT2D eigenvalue weighted by molar-refractivity contribution is 0.601. The van der Waals surface area contributed by atoms with E-state index < -0.39 is 10.0 Å². The van der Waals surface area contributed by atoms with Crippen molar-refractivity contribution < 1.29 is 8.42 Å². The van der Waals surface area contributed by atoms with Crippen LogP contribution in [0.3, 0.4) is 0 Å². The topological polar surface area (TPSA) is 72.2 Å². The van der Waals surface area contributed by atoms with Crippen LogP contribution in [-0.2, 0) is 10.0 Å². The van der Waals surface area contributed by atoms with Gasteiger partial charge in [0.15, 0.2) is 0 Å². The lowest BCUT2D eigenvalue weighted by atomic mass is 10.2. The molecule has 0 spiro atoms. The molecule has 0 heterocycles. The van der Waals surface area contributed by atoms with Gasteiger partial charge in [0.2, 0.25) is 0 Å². The molecule has 21 heavy (non-hydrogen) atoms. The molecule has 0 aliphatic carbocycles. The number of rotatable bonds is 3. The van der Waals surface area contributed by atoms with Gasteiger partial charge in [-0.3, -0.25) is 4.72 Å². The maximum atomic E-state index is 12.4. The normalized spacial score (nSPS) is 11.4. The first-order chi connectivity index (χ1) is 9.74. The molecule has 0 aromatic heterocycles. The molecule has 112 valence electrons. The Morgan fingerprint density at radius 3 is 2.38 bits per heavy atom. The van der Waals surface area contributed by atoms with Crippen LogP contribution in [0.25, 0.3) is 0 Å². The predicted molar refractivity (Wildman–Crippen MR) is 87.9 cm³/mol. The van der Waals surface area contributed by atoms with Gasteiger partial charge in [0.1, 0.15) is 4.90 Å². The first kappa shape index (κ1) is 16.2. The molecule has 0 fully saturated rings. The molecule has 2 rings (SSSR count). The fourth-order valence-electron chi connectivity index (χ4n) is 1.67. The van der Waals surface area contributed by atoms with Crippen molar-refractivity contribution in [2.45, 2.75) is 11.8 Å². The summed E-state index contributed by atoms with van der Waals surface area (Å²) < 4.78 is 27.3. The van der Waals surface area contributed by atoms with Crippen LogP contribution >= 0.6 is 34.8 Å². The van der Waals surface area contributed by atoms with Gasteiger partial charge in [0, 0.05) is 5.02 Å². The van der Waals surface area contributed by atoms with Gasteiger partial charge in [0.25, 0.3) is 10.0 Å². The smallest absolute Gasteiger partial charge is 0.263 e. The summed E-state index contributed by atoms with van der Waals surface area (Å²) in [7, 11) is -3.90. The highest BCUT2D eigenvalue weighted by Gasteiger charge is 2.21. The van der Waals surface area contributed by atoms with Crippen LogP contribution in [0.4, 0.5) is 11.4 Å². The molecule has 2 aromatic rings. The summed E-state index contributed by atoms with van der Waals surface area (Å²) in [5.41, 5.74) is 6.65. The van der Waals surface area contributed by atoms with Crippen LogP contribution < -0.4 is 10.5 Å². The third-order valence-electron chi connectivity index (χ3n) is 2.89. The molecule has 0 unspecified atom stereocenters. The Balaban J connectivity index is 2.49. The molecule has 0 bridgehead atoms. The molecule has 0 aliphatic rings. The minimum atomic E-state index is -3.90. The Hall–Kier alpha value is -1.14. The molecule has 2 aromatic carbocycles. The average Bonchev–Trinajstić information content (AvgIpc) is 2.41. The van der Waals surface area contributed by atoms with Crippen molar-refractivity contribution in [3.8, 4) is 0 Å². The quantitative estimate of drug-likeness (QED) is 0.795. The SMILES string of the molecule is Cc1c(Cl)cccc1NS(=O)(=O)c1ccc(Cl)c(N)c1Cl. The van der Waals surface area contributed by atoms with E-state index in [0.717, 1.165) is 0 Å². The van der Waals surface area contributed by atoms with Gasteiger partial charge in [-0.15, -0.1) is 0 Å². The van der Waals surface area contributed by atoms with E-state index in [-0.39, 0.29) is 20.6 Å². The Morgan fingerprint density at radius 2 is 1.71 bits per heavy atom. The summed E-state index contributed by atoms with van der Waals surface area (Å²) in [5, 5.41) is 0.532. The predicted octanol–water partition coefficient (Wildman–Crippen LogP) is 4.34. The van der Waals surface area contributed by atoms with E-state index >= 15 is 0 Å². The maximum absolute atomic E-state index is 12.4. The van der Waals surface area contributed by atoms with Crippen molar-refractivity contribution in [3.63, 3.8) is 0 Å². The number of nitrogen functional groups attached to an aromatic ring is 1. The first-order valence-electron chi connectivity index (χ1n) is 5.75. The molecule has 0 saturated heterocycles. The van der Waals surface area contributed by atoms with Crippen molar-refractivity contribution in [3.05, 3.63) is 51.0 Å². The van der Waals surface area contributed by atoms with Gasteiger partial charge < -0.3 is 5.73 Å². The van der Waals surface area contributed by atoms with E-state index in [9.17, 15) is 8.42 Å². The lowest BCUT2D eigenvalue weighted by Gasteiger charge is -2.13. The number of hydrogen-bond acceptors (Lipinski definition) is 3. The Labute approximate surface area is 137 Å². The van der Waals surface area contributed by atoms with Crippen molar-refractivity contribution >= 4 is 56.2 Å². The average molecular weight is 366 g/mol. The third-order valence-corrected chi connectivity index (χ3v) is 5.56. The maximum Gasteiger partial charge on any atom is 0.263 e. The van der Waals surface area contributed by atoms with E-state index in [4.69, 9.17) is 40.5 Å². The molecule has 0 radical (unpaired) electrons. The van der Waals surface area contributed by atoms with Crippen LogP contribution in [-0.4, -0.2) is 8.42 Å². The monoisotopic (exact) mass is 364 g/mol.